The van der Waals surface area contributed by atoms with Crippen molar-refractivity contribution in [3.63, 3.8) is 0 Å². The number of nitrogens with one attached hydrogen (secondary N) is 1. The van der Waals surface area contributed by atoms with E-state index in [1.54, 1.807) is 6.92 Å². The SMILES string of the molecule is CCCCc1noc(C(=O)OCC)c1Cc1ccc(-c2ccccc2-c2nnn[nH]2)cc1. The van der Waals surface area contributed by atoms with Gasteiger partial charge in [-0.25, -0.2) is 9.89 Å². The lowest BCUT2D eigenvalue weighted by Crippen LogP contribution is -2.07. The number of unbranched alkanes of at least 4 members (excludes halogenated alkanes) is 1. The van der Waals surface area contributed by atoms with Crippen LogP contribution in [0, 0.1) is 0 Å². The zero-order valence-corrected chi connectivity index (χ0v) is 18.2. The Balaban J connectivity index is 1.62. The van der Waals surface area contributed by atoms with Crippen LogP contribution < -0.4 is 0 Å². The van der Waals surface area contributed by atoms with Crippen LogP contribution in [0.4, 0.5) is 0 Å². The molecule has 32 heavy (non-hydrogen) atoms. The third-order valence-corrected chi connectivity index (χ3v) is 5.27. The number of esters is 1. The van der Waals surface area contributed by atoms with Crippen LogP contribution in [0.5, 0.6) is 0 Å². The Morgan fingerprint density at radius 1 is 1.06 bits per heavy atom. The van der Waals surface area contributed by atoms with E-state index >= 15 is 0 Å². The number of benzene rings is 2. The molecule has 0 aliphatic heterocycles. The van der Waals surface area contributed by atoms with Gasteiger partial charge >= 0.3 is 5.97 Å². The summed E-state index contributed by atoms with van der Waals surface area (Å²) >= 11 is 0. The van der Waals surface area contributed by atoms with Gasteiger partial charge in [-0.1, -0.05) is 67.0 Å². The second kappa shape index (κ2) is 10.00. The number of tetrazole rings is 1. The monoisotopic (exact) mass is 431 g/mol. The minimum atomic E-state index is -0.469. The molecule has 8 nitrogen and oxygen atoms in total. The molecule has 4 aromatic rings. The Morgan fingerprint density at radius 3 is 2.53 bits per heavy atom. The lowest BCUT2D eigenvalue weighted by Gasteiger charge is -2.09. The molecule has 4 rings (SSSR count). The van der Waals surface area contributed by atoms with E-state index in [0.29, 0.717) is 12.2 Å². The fourth-order valence-corrected chi connectivity index (χ4v) is 3.64. The van der Waals surface area contributed by atoms with E-state index in [2.05, 4.69) is 57.0 Å². The number of H-pyrrole nitrogens is 1. The van der Waals surface area contributed by atoms with Gasteiger partial charge in [0, 0.05) is 17.5 Å². The van der Waals surface area contributed by atoms with Gasteiger partial charge in [0.05, 0.1) is 12.3 Å². The van der Waals surface area contributed by atoms with Gasteiger partial charge < -0.3 is 9.26 Å². The number of nitrogens with zero attached hydrogens (tertiary/aromatic N) is 4. The Morgan fingerprint density at radius 2 is 1.84 bits per heavy atom. The first-order valence-corrected chi connectivity index (χ1v) is 10.8. The van der Waals surface area contributed by atoms with Gasteiger partial charge in [0.25, 0.3) is 0 Å². The summed E-state index contributed by atoms with van der Waals surface area (Å²) in [5.41, 5.74) is 5.68. The first-order valence-electron chi connectivity index (χ1n) is 10.8. The maximum Gasteiger partial charge on any atom is 0.377 e. The van der Waals surface area contributed by atoms with Crippen LogP contribution in [0.25, 0.3) is 22.5 Å². The number of carbonyl (C=O) groups is 1. The normalized spacial score (nSPS) is 10.9. The van der Waals surface area contributed by atoms with Gasteiger partial charge in [-0.2, -0.15) is 0 Å². The third kappa shape index (κ3) is 4.59. The van der Waals surface area contributed by atoms with Gasteiger partial charge in [0.2, 0.25) is 5.76 Å². The van der Waals surface area contributed by atoms with E-state index in [0.717, 1.165) is 52.8 Å². The van der Waals surface area contributed by atoms with Crippen molar-refractivity contribution in [3.8, 4) is 22.5 Å². The number of aromatic nitrogens is 5. The van der Waals surface area contributed by atoms with Crippen LogP contribution in [0.15, 0.2) is 53.1 Å². The topological polar surface area (TPSA) is 107 Å². The molecule has 0 atom stereocenters. The van der Waals surface area contributed by atoms with Crippen molar-refractivity contribution in [1.82, 2.24) is 25.8 Å². The van der Waals surface area contributed by atoms with Crippen molar-refractivity contribution in [2.24, 2.45) is 0 Å². The number of rotatable bonds is 9. The highest BCUT2D eigenvalue weighted by Gasteiger charge is 2.23. The highest BCUT2D eigenvalue weighted by atomic mass is 16.6. The molecule has 164 valence electrons. The summed E-state index contributed by atoms with van der Waals surface area (Å²) in [6, 6.07) is 16.2. The average molecular weight is 431 g/mol. The van der Waals surface area contributed by atoms with E-state index in [1.807, 2.05) is 24.3 Å². The molecule has 0 saturated carbocycles. The number of carbonyl (C=O) groups excluding carboxylic acids is 1. The molecule has 0 amide bonds. The fraction of sp³-hybridized carbons (Fsp3) is 0.292. The number of ether oxygens (including phenoxy) is 1. The van der Waals surface area contributed by atoms with E-state index in [1.165, 1.54) is 0 Å². The maximum absolute atomic E-state index is 12.4. The van der Waals surface area contributed by atoms with Gasteiger partial charge in [0.15, 0.2) is 5.82 Å². The van der Waals surface area contributed by atoms with Crippen molar-refractivity contribution in [1.29, 1.82) is 0 Å². The van der Waals surface area contributed by atoms with Crippen molar-refractivity contribution in [2.45, 2.75) is 39.5 Å². The van der Waals surface area contributed by atoms with Crippen LogP contribution in [0.2, 0.25) is 0 Å². The predicted molar refractivity (Wildman–Crippen MR) is 119 cm³/mol. The quantitative estimate of drug-likeness (QED) is 0.385. The molecule has 0 saturated heterocycles. The molecule has 0 spiro atoms. The number of aryl methyl sites for hydroxylation is 1. The molecular weight excluding hydrogens is 406 g/mol. The second-order valence-electron chi connectivity index (χ2n) is 7.43. The minimum absolute atomic E-state index is 0.199. The second-order valence-corrected chi connectivity index (χ2v) is 7.43. The molecule has 8 heteroatoms. The summed E-state index contributed by atoms with van der Waals surface area (Å²) in [6.45, 7) is 4.19. The molecular formula is C24H25N5O3. The van der Waals surface area contributed by atoms with Gasteiger partial charge in [-0.3, -0.25) is 0 Å². The smallest absolute Gasteiger partial charge is 0.377 e. The summed E-state index contributed by atoms with van der Waals surface area (Å²) in [5, 5.41) is 18.4. The lowest BCUT2D eigenvalue weighted by molar-refractivity contribution is 0.0478. The first-order chi connectivity index (χ1) is 15.7. The van der Waals surface area contributed by atoms with Crippen LogP contribution in [-0.2, 0) is 17.6 Å². The number of hydrogen-bond acceptors (Lipinski definition) is 7. The van der Waals surface area contributed by atoms with Crippen molar-refractivity contribution in [3.05, 3.63) is 71.1 Å². The van der Waals surface area contributed by atoms with E-state index in [9.17, 15) is 4.79 Å². The summed E-state index contributed by atoms with van der Waals surface area (Å²) in [4.78, 5) is 12.4. The van der Waals surface area contributed by atoms with E-state index in [-0.39, 0.29) is 12.4 Å². The molecule has 1 N–H and O–H groups in total. The van der Waals surface area contributed by atoms with Gasteiger partial charge in [-0.15, -0.1) is 5.10 Å². The lowest BCUT2D eigenvalue weighted by atomic mass is 9.96. The predicted octanol–water partition coefficient (Wildman–Crippen LogP) is 4.63. The average Bonchev–Trinajstić information content (AvgIpc) is 3.49. The fourth-order valence-electron chi connectivity index (χ4n) is 3.64. The molecule has 2 aromatic carbocycles. The molecule has 0 radical (unpaired) electrons. The summed E-state index contributed by atoms with van der Waals surface area (Å²) in [7, 11) is 0. The highest BCUT2D eigenvalue weighted by molar-refractivity contribution is 5.88. The van der Waals surface area contributed by atoms with Crippen LogP contribution >= 0.6 is 0 Å². The number of hydrogen-bond donors (Lipinski definition) is 1. The van der Waals surface area contributed by atoms with E-state index in [4.69, 9.17) is 9.26 Å². The Labute approximate surface area is 186 Å². The van der Waals surface area contributed by atoms with Crippen LogP contribution in [-0.4, -0.2) is 38.4 Å². The van der Waals surface area contributed by atoms with Crippen LogP contribution in [0.1, 0.15) is 54.1 Å². The summed E-state index contributed by atoms with van der Waals surface area (Å²) in [5.74, 6) is 0.350. The van der Waals surface area contributed by atoms with Gasteiger partial charge in [0.1, 0.15) is 0 Å². The van der Waals surface area contributed by atoms with E-state index < -0.39 is 5.97 Å². The van der Waals surface area contributed by atoms with Crippen molar-refractivity contribution in [2.75, 3.05) is 6.61 Å². The first kappa shape index (κ1) is 21.4. The number of aromatic amines is 1. The zero-order chi connectivity index (χ0) is 22.3. The Kier molecular flexibility index (Phi) is 6.69. The van der Waals surface area contributed by atoms with Crippen LogP contribution in [0.3, 0.4) is 0 Å². The highest BCUT2D eigenvalue weighted by Crippen LogP contribution is 2.30. The zero-order valence-electron chi connectivity index (χ0n) is 18.2. The van der Waals surface area contributed by atoms with Gasteiger partial charge in [-0.05, 0) is 46.9 Å². The summed E-state index contributed by atoms with van der Waals surface area (Å²) < 4.78 is 10.5. The largest absolute Gasteiger partial charge is 0.460 e. The Bertz CT molecular complexity index is 1170. The summed E-state index contributed by atoms with van der Waals surface area (Å²) in [6.07, 6.45) is 3.33. The molecule has 0 aliphatic rings. The molecule has 0 unspecified atom stereocenters. The van der Waals surface area contributed by atoms with Crippen molar-refractivity contribution < 1.29 is 14.1 Å². The standard InChI is InChI=1S/C24H25N5O3/c1-3-5-10-21-20(22(32-27-21)24(30)31-4-2)15-16-11-13-17(14-12-16)18-8-6-7-9-19(18)23-25-28-29-26-23/h6-9,11-14H,3-5,10,15H2,1-2H3,(H,25,26,28,29). The maximum atomic E-state index is 12.4. The molecule has 0 bridgehead atoms. The molecule has 2 heterocycles. The Hall–Kier alpha value is -3.81. The van der Waals surface area contributed by atoms with Crippen molar-refractivity contribution >= 4 is 5.97 Å². The molecule has 0 fully saturated rings. The third-order valence-electron chi connectivity index (χ3n) is 5.27. The minimum Gasteiger partial charge on any atom is -0.460 e. The molecule has 0 aliphatic carbocycles. The molecule has 2 aromatic heterocycles.